The SMILES string of the molecule is Cl.O=C(C1CC(F)(F)CN1)N1CCOC(c2ccccc2F)C1. The first kappa shape index (κ1) is 18.0. The van der Waals surface area contributed by atoms with Gasteiger partial charge in [0.15, 0.2) is 0 Å². The fourth-order valence-electron chi connectivity index (χ4n) is 2.88. The van der Waals surface area contributed by atoms with E-state index in [0.717, 1.165) is 0 Å². The lowest BCUT2D eigenvalue weighted by atomic mass is 10.1. The second-order valence-corrected chi connectivity index (χ2v) is 5.66. The number of rotatable bonds is 2. The van der Waals surface area contributed by atoms with E-state index in [0.29, 0.717) is 12.1 Å². The Hall–Kier alpha value is -1.31. The zero-order valence-corrected chi connectivity index (χ0v) is 13.1. The molecule has 2 unspecified atom stereocenters. The highest BCUT2D eigenvalue weighted by Gasteiger charge is 2.44. The molecule has 1 amide bonds. The third-order valence-electron chi connectivity index (χ3n) is 4.04. The van der Waals surface area contributed by atoms with Crippen molar-refractivity contribution >= 4 is 18.3 Å². The minimum Gasteiger partial charge on any atom is -0.370 e. The number of carbonyl (C=O) groups excluding carboxylic acids is 1. The van der Waals surface area contributed by atoms with Crippen molar-refractivity contribution in [2.75, 3.05) is 26.2 Å². The topological polar surface area (TPSA) is 41.6 Å². The monoisotopic (exact) mass is 350 g/mol. The van der Waals surface area contributed by atoms with E-state index < -0.39 is 36.9 Å². The van der Waals surface area contributed by atoms with Crippen LogP contribution in [0.15, 0.2) is 24.3 Å². The van der Waals surface area contributed by atoms with Crippen molar-refractivity contribution in [2.45, 2.75) is 24.5 Å². The lowest BCUT2D eigenvalue weighted by Crippen LogP contribution is -2.49. The Morgan fingerprint density at radius 1 is 1.35 bits per heavy atom. The van der Waals surface area contributed by atoms with Crippen molar-refractivity contribution in [1.82, 2.24) is 10.2 Å². The van der Waals surface area contributed by atoms with E-state index in [1.165, 1.54) is 11.0 Å². The standard InChI is InChI=1S/C15H17F3N2O2.ClH/c16-11-4-2-1-3-10(11)13-8-20(5-6-22-13)14(21)12-7-15(17,18)9-19-12;/h1-4,12-13,19H,5-9H2;1H. The molecule has 0 aliphatic carbocycles. The number of ether oxygens (including phenoxy) is 1. The maximum atomic E-state index is 13.8. The van der Waals surface area contributed by atoms with Crippen molar-refractivity contribution in [2.24, 2.45) is 0 Å². The van der Waals surface area contributed by atoms with Crippen LogP contribution in [-0.2, 0) is 9.53 Å². The van der Waals surface area contributed by atoms with Crippen molar-refractivity contribution in [3.8, 4) is 0 Å². The molecule has 23 heavy (non-hydrogen) atoms. The molecule has 2 aliphatic rings. The van der Waals surface area contributed by atoms with Crippen LogP contribution in [0.5, 0.6) is 0 Å². The summed E-state index contributed by atoms with van der Waals surface area (Å²) in [5.41, 5.74) is 0.379. The number of hydrogen-bond donors (Lipinski definition) is 1. The summed E-state index contributed by atoms with van der Waals surface area (Å²) in [4.78, 5) is 13.8. The van der Waals surface area contributed by atoms with Crippen molar-refractivity contribution in [3.63, 3.8) is 0 Å². The predicted molar refractivity (Wildman–Crippen MR) is 80.3 cm³/mol. The maximum Gasteiger partial charge on any atom is 0.262 e. The minimum absolute atomic E-state index is 0. The zero-order chi connectivity index (χ0) is 15.7. The zero-order valence-electron chi connectivity index (χ0n) is 12.3. The molecule has 2 aliphatic heterocycles. The Balaban J connectivity index is 0.00000192. The molecule has 0 saturated carbocycles. The second-order valence-electron chi connectivity index (χ2n) is 5.66. The van der Waals surface area contributed by atoms with Crippen molar-refractivity contribution in [3.05, 3.63) is 35.6 Å². The predicted octanol–water partition coefficient (Wildman–Crippen LogP) is 2.14. The molecule has 2 atom stereocenters. The van der Waals surface area contributed by atoms with Gasteiger partial charge in [-0.25, -0.2) is 13.2 Å². The van der Waals surface area contributed by atoms with Crippen LogP contribution < -0.4 is 5.32 Å². The fraction of sp³-hybridized carbons (Fsp3) is 0.533. The highest BCUT2D eigenvalue weighted by Crippen LogP contribution is 2.28. The fourth-order valence-corrected chi connectivity index (χ4v) is 2.88. The van der Waals surface area contributed by atoms with Crippen LogP contribution in [0.2, 0.25) is 0 Å². The van der Waals surface area contributed by atoms with Crippen molar-refractivity contribution < 1.29 is 22.7 Å². The van der Waals surface area contributed by atoms with Gasteiger partial charge >= 0.3 is 0 Å². The van der Waals surface area contributed by atoms with Gasteiger partial charge in [0.25, 0.3) is 5.92 Å². The number of alkyl halides is 2. The first-order valence-corrected chi connectivity index (χ1v) is 7.22. The van der Waals surface area contributed by atoms with E-state index in [9.17, 15) is 18.0 Å². The molecule has 1 aromatic rings. The molecule has 1 N–H and O–H groups in total. The van der Waals surface area contributed by atoms with E-state index in [2.05, 4.69) is 5.32 Å². The van der Waals surface area contributed by atoms with Crippen LogP contribution in [0.3, 0.4) is 0 Å². The second kappa shape index (κ2) is 7.07. The quantitative estimate of drug-likeness (QED) is 0.888. The number of nitrogens with zero attached hydrogens (tertiary/aromatic N) is 1. The summed E-state index contributed by atoms with van der Waals surface area (Å²) in [6, 6.07) is 5.33. The number of hydrogen-bond acceptors (Lipinski definition) is 3. The average Bonchev–Trinajstić information content (AvgIpc) is 2.87. The third-order valence-corrected chi connectivity index (χ3v) is 4.04. The lowest BCUT2D eigenvalue weighted by Gasteiger charge is -2.34. The summed E-state index contributed by atoms with van der Waals surface area (Å²) in [6.07, 6.45) is -1.06. The summed E-state index contributed by atoms with van der Waals surface area (Å²) in [7, 11) is 0. The Labute approximate surface area is 138 Å². The Bertz CT molecular complexity index is 573. The van der Waals surface area contributed by atoms with E-state index in [1.807, 2.05) is 0 Å². The Morgan fingerprint density at radius 3 is 2.74 bits per heavy atom. The van der Waals surface area contributed by atoms with Crippen LogP contribution in [0.4, 0.5) is 13.2 Å². The van der Waals surface area contributed by atoms with E-state index >= 15 is 0 Å². The van der Waals surface area contributed by atoms with Crippen LogP contribution in [0, 0.1) is 5.82 Å². The largest absolute Gasteiger partial charge is 0.370 e. The smallest absolute Gasteiger partial charge is 0.262 e. The van der Waals surface area contributed by atoms with Gasteiger partial charge in [-0.2, -0.15) is 0 Å². The van der Waals surface area contributed by atoms with Gasteiger partial charge in [0.1, 0.15) is 11.9 Å². The van der Waals surface area contributed by atoms with E-state index in [4.69, 9.17) is 4.74 Å². The third kappa shape index (κ3) is 3.97. The first-order chi connectivity index (χ1) is 10.5. The van der Waals surface area contributed by atoms with Gasteiger partial charge in [-0.15, -0.1) is 12.4 Å². The maximum absolute atomic E-state index is 13.8. The van der Waals surface area contributed by atoms with Gasteiger partial charge in [-0.3, -0.25) is 10.1 Å². The van der Waals surface area contributed by atoms with Crippen LogP contribution in [0.25, 0.3) is 0 Å². The highest BCUT2D eigenvalue weighted by molar-refractivity contribution is 5.85. The Morgan fingerprint density at radius 2 is 2.09 bits per heavy atom. The number of benzene rings is 1. The number of nitrogens with one attached hydrogen (secondary N) is 1. The van der Waals surface area contributed by atoms with Gasteiger partial charge in [-0.05, 0) is 6.07 Å². The molecule has 0 spiro atoms. The number of carbonyl (C=O) groups is 1. The molecule has 4 nitrogen and oxygen atoms in total. The molecule has 0 radical (unpaired) electrons. The molecule has 2 fully saturated rings. The number of halogens is 4. The summed E-state index contributed by atoms with van der Waals surface area (Å²) in [5, 5.41) is 2.55. The summed E-state index contributed by atoms with van der Waals surface area (Å²) < 4.78 is 45.8. The molecule has 2 saturated heterocycles. The molecule has 0 aromatic heterocycles. The number of morpholine rings is 1. The molecule has 128 valence electrons. The minimum atomic E-state index is -2.85. The van der Waals surface area contributed by atoms with Crippen molar-refractivity contribution in [1.29, 1.82) is 0 Å². The number of amides is 1. The van der Waals surface area contributed by atoms with Gasteiger partial charge in [0, 0.05) is 18.5 Å². The molecular weight excluding hydrogens is 333 g/mol. The summed E-state index contributed by atoms with van der Waals surface area (Å²) in [6.45, 7) is 0.273. The molecule has 3 rings (SSSR count). The molecule has 2 heterocycles. The van der Waals surface area contributed by atoms with Gasteiger partial charge in [0.2, 0.25) is 5.91 Å². The first-order valence-electron chi connectivity index (χ1n) is 7.22. The molecular formula is C15H18ClF3N2O2. The molecule has 8 heteroatoms. The summed E-state index contributed by atoms with van der Waals surface area (Å²) >= 11 is 0. The highest BCUT2D eigenvalue weighted by atomic mass is 35.5. The van der Waals surface area contributed by atoms with Crippen LogP contribution in [-0.4, -0.2) is 49.0 Å². The lowest BCUT2D eigenvalue weighted by molar-refractivity contribution is -0.141. The van der Waals surface area contributed by atoms with Crippen LogP contribution in [0.1, 0.15) is 18.1 Å². The van der Waals surface area contributed by atoms with E-state index in [1.54, 1.807) is 18.2 Å². The molecule has 0 bridgehead atoms. The van der Waals surface area contributed by atoms with Gasteiger partial charge in [0.05, 0.1) is 25.7 Å². The average molecular weight is 351 g/mol. The molecule has 1 aromatic carbocycles. The van der Waals surface area contributed by atoms with Gasteiger partial charge < -0.3 is 9.64 Å². The van der Waals surface area contributed by atoms with Crippen LogP contribution >= 0.6 is 12.4 Å². The van der Waals surface area contributed by atoms with Gasteiger partial charge in [-0.1, -0.05) is 18.2 Å². The Kier molecular flexibility index (Phi) is 5.54. The summed E-state index contributed by atoms with van der Waals surface area (Å²) in [5.74, 6) is -3.62. The normalized spacial score (nSPS) is 26.7. The van der Waals surface area contributed by atoms with E-state index in [-0.39, 0.29) is 31.5 Å².